The molecule has 3 atom stereocenters. The number of carbonyl (C=O) groups is 5. The lowest BCUT2D eigenvalue weighted by molar-refractivity contribution is -0.132. The lowest BCUT2D eigenvalue weighted by atomic mass is 9.95. The van der Waals surface area contributed by atoms with Crippen molar-refractivity contribution >= 4 is 29.5 Å². The number of nitrogens with one attached hydrogen (secondary N) is 5. The molecule has 1 aliphatic carbocycles. The Morgan fingerprint density at radius 1 is 0.882 bits per heavy atom. The first kappa shape index (κ1) is 36.9. The highest BCUT2D eigenvalue weighted by Gasteiger charge is 2.30. The molecule has 0 saturated carbocycles. The SMILES string of the molecule is CC(C)C[C@H]1NC(=O)[C@@H](C)NC(=O)CN(C(=O)c2cc3c([nH]c2=O)CCCC3)CCCNC(=O)Cn2nc(-c3ccccc3)nc2[C@H](C)NC1=O. The molecule has 0 fully saturated rings. The average molecular weight is 702 g/mol. The topological polar surface area (TPSA) is 200 Å². The summed E-state index contributed by atoms with van der Waals surface area (Å²) >= 11 is 0. The van der Waals surface area contributed by atoms with Crippen molar-refractivity contribution < 1.29 is 24.0 Å². The Bertz CT molecular complexity index is 1820. The maximum Gasteiger partial charge on any atom is 0.261 e. The summed E-state index contributed by atoms with van der Waals surface area (Å²) < 4.78 is 1.44. The van der Waals surface area contributed by atoms with Gasteiger partial charge in [0, 0.05) is 24.3 Å². The van der Waals surface area contributed by atoms with E-state index >= 15 is 0 Å². The Morgan fingerprint density at radius 2 is 1.63 bits per heavy atom. The maximum absolute atomic E-state index is 13.8. The van der Waals surface area contributed by atoms with Crippen LogP contribution in [0.25, 0.3) is 11.4 Å². The van der Waals surface area contributed by atoms with Crippen LogP contribution in [0.5, 0.6) is 0 Å². The van der Waals surface area contributed by atoms with Crippen LogP contribution in [0.15, 0.2) is 41.2 Å². The zero-order valence-corrected chi connectivity index (χ0v) is 29.6. The molecule has 0 bridgehead atoms. The Labute approximate surface area is 296 Å². The number of amides is 5. The van der Waals surface area contributed by atoms with Gasteiger partial charge in [0.15, 0.2) is 5.82 Å². The third-order valence-electron chi connectivity index (χ3n) is 9.00. The van der Waals surface area contributed by atoms with Gasteiger partial charge in [0.25, 0.3) is 11.5 Å². The van der Waals surface area contributed by atoms with Crippen LogP contribution in [0.1, 0.15) is 86.9 Å². The summed E-state index contributed by atoms with van der Waals surface area (Å²) in [6.45, 7) is 6.63. The summed E-state index contributed by atoms with van der Waals surface area (Å²) in [5.74, 6) is -1.91. The van der Waals surface area contributed by atoms with Gasteiger partial charge >= 0.3 is 0 Å². The van der Waals surface area contributed by atoms with E-state index in [1.807, 2.05) is 44.2 Å². The number of aryl methyl sites for hydroxylation is 2. The number of benzene rings is 1. The number of carbonyl (C=O) groups excluding carboxylic acids is 5. The van der Waals surface area contributed by atoms with Crippen LogP contribution < -0.4 is 26.8 Å². The van der Waals surface area contributed by atoms with Gasteiger partial charge in [0.2, 0.25) is 23.6 Å². The molecule has 15 nitrogen and oxygen atoms in total. The van der Waals surface area contributed by atoms with Crippen molar-refractivity contribution in [1.82, 2.24) is 45.9 Å². The number of fused-ring (bicyclic) bond motifs is 2. The molecule has 272 valence electrons. The van der Waals surface area contributed by atoms with Gasteiger partial charge in [0.1, 0.15) is 30.0 Å². The minimum atomic E-state index is -1.04. The van der Waals surface area contributed by atoms with Gasteiger partial charge in [-0.1, -0.05) is 44.2 Å². The standard InChI is InChI=1S/C36H47N9O6/c1-21(2)17-28-35(50)39-22(3)32-42-31(24-11-6-5-7-12-24)43-45(32)20-29(46)37-15-10-16-44(19-30(47)38-23(4)33(48)41-28)36(51)26-18-25-13-8-9-14-27(25)40-34(26)49/h5-7,11-12,18,21-23,28H,8-10,13-17,19-20H2,1-4H3,(H,37,46)(H,38,47)(H,39,50)(H,40,49)(H,41,48)/t22-,23+,28+/m0/s1. The largest absolute Gasteiger partial charge is 0.354 e. The van der Waals surface area contributed by atoms with E-state index < -0.39 is 53.9 Å². The third kappa shape index (κ3) is 9.47. The second-order valence-corrected chi connectivity index (χ2v) is 13.7. The summed E-state index contributed by atoms with van der Waals surface area (Å²) in [6, 6.07) is 8.19. The van der Waals surface area contributed by atoms with E-state index in [-0.39, 0.29) is 43.4 Å². The lowest BCUT2D eigenvalue weighted by Crippen LogP contribution is -2.54. The van der Waals surface area contributed by atoms with Crippen LogP contribution >= 0.6 is 0 Å². The van der Waals surface area contributed by atoms with Gasteiger partial charge in [0.05, 0.1) is 12.6 Å². The van der Waals surface area contributed by atoms with Crippen LogP contribution in [0, 0.1) is 5.92 Å². The van der Waals surface area contributed by atoms with Crippen LogP contribution in [-0.2, 0) is 38.6 Å². The van der Waals surface area contributed by atoms with Gasteiger partial charge < -0.3 is 31.2 Å². The quantitative estimate of drug-likeness (QED) is 0.269. The molecule has 0 saturated heterocycles. The molecule has 1 aliphatic heterocycles. The summed E-state index contributed by atoms with van der Waals surface area (Å²) in [7, 11) is 0. The fraction of sp³-hybridized carbons (Fsp3) is 0.500. The van der Waals surface area contributed by atoms with Crippen LogP contribution in [0.4, 0.5) is 0 Å². The monoisotopic (exact) mass is 701 g/mol. The Hall–Kier alpha value is -5.34. The second-order valence-electron chi connectivity index (χ2n) is 13.7. The summed E-state index contributed by atoms with van der Waals surface area (Å²) in [6.07, 6.45) is 3.95. The van der Waals surface area contributed by atoms with E-state index in [4.69, 9.17) is 0 Å². The van der Waals surface area contributed by atoms with Gasteiger partial charge in [-0.2, -0.15) is 5.10 Å². The molecule has 5 rings (SSSR count). The number of hydrogen-bond acceptors (Lipinski definition) is 8. The highest BCUT2D eigenvalue weighted by atomic mass is 16.2. The molecular formula is C36H47N9O6. The Balaban J connectivity index is 1.43. The third-order valence-corrected chi connectivity index (χ3v) is 9.00. The molecule has 5 N–H and O–H groups in total. The normalized spacial score (nSPS) is 21.2. The first-order valence-electron chi connectivity index (χ1n) is 17.6. The van der Waals surface area contributed by atoms with Crippen molar-refractivity contribution in [3.05, 3.63) is 69.4 Å². The van der Waals surface area contributed by atoms with Crippen molar-refractivity contribution in [3.8, 4) is 11.4 Å². The molecule has 1 aromatic carbocycles. The summed E-state index contributed by atoms with van der Waals surface area (Å²) in [5.41, 5.74) is 1.86. The lowest BCUT2D eigenvalue weighted by Gasteiger charge is -2.25. The molecule has 2 aromatic heterocycles. The minimum Gasteiger partial charge on any atom is -0.354 e. The predicted octanol–water partition coefficient (Wildman–Crippen LogP) is 1.39. The fourth-order valence-corrected chi connectivity index (χ4v) is 6.35. The van der Waals surface area contributed by atoms with E-state index in [0.717, 1.165) is 42.5 Å². The number of rotatable bonds is 4. The van der Waals surface area contributed by atoms with Gasteiger partial charge in [-0.25, -0.2) is 9.67 Å². The number of aromatic nitrogens is 4. The first-order valence-corrected chi connectivity index (χ1v) is 17.6. The van der Waals surface area contributed by atoms with Crippen molar-refractivity contribution in [2.75, 3.05) is 19.6 Å². The van der Waals surface area contributed by atoms with Crippen molar-refractivity contribution in [2.45, 2.75) is 90.9 Å². The van der Waals surface area contributed by atoms with Crippen LogP contribution in [-0.4, -0.2) is 85.9 Å². The summed E-state index contributed by atoms with van der Waals surface area (Å²) in [4.78, 5) is 88.9. The number of pyridine rings is 1. The van der Waals surface area contributed by atoms with Gasteiger partial charge in [-0.05, 0) is 69.9 Å². The van der Waals surface area contributed by atoms with Crippen molar-refractivity contribution in [3.63, 3.8) is 0 Å². The molecule has 0 radical (unpaired) electrons. The van der Waals surface area contributed by atoms with Crippen LogP contribution in [0.2, 0.25) is 0 Å². The first-order chi connectivity index (χ1) is 24.4. The average Bonchev–Trinajstić information content (AvgIpc) is 3.52. The van der Waals surface area contributed by atoms with Crippen molar-refractivity contribution in [1.29, 1.82) is 0 Å². The van der Waals surface area contributed by atoms with Gasteiger partial charge in [-0.3, -0.25) is 28.8 Å². The zero-order valence-electron chi connectivity index (χ0n) is 29.6. The van der Waals surface area contributed by atoms with E-state index in [1.165, 1.54) is 16.5 Å². The number of nitrogens with zero attached hydrogens (tertiary/aromatic N) is 4. The molecule has 3 aromatic rings. The Morgan fingerprint density at radius 3 is 2.37 bits per heavy atom. The van der Waals surface area contributed by atoms with Crippen molar-refractivity contribution in [2.24, 2.45) is 5.92 Å². The van der Waals surface area contributed by atoms with E-state index in [2.05, 4.69) is 36.3 Å². The summed E-state index contributed by atoms with van der Waals surface area (Å²) in [5, 5.41) is 15.7. The molecule has 51 heavy (non-hydrogen) atoms. The van der Waals surface area contributed by atoms with E-state index in [1.54, 1.807) is 13.0 Å². The smallest absolute Gasteiger partial charge is 0.261 e. The van der Waals surface area contributed by atoms with E-state index in [9.17, 15) is 28.8 Å². The molecule has 2 aliphatic rings. The van der Waals surface area contributed by atoms with E-state index in [0.29, 0.717) is 18.1 Å². The fourth-order valence-electron chi connectivity index (χ4n) is 6.35. The minimum absolute atomic E-state index is 0.0335. The molecule has 15 heteroatoms. The second kappa shape index (κ2) is 16.6. The highest BCUT2D eigenvalue weighted by molar-refractivity contribution is 5.97. The predicted molar refractivity (Wildman–Crippen MR) is 188 cm³/mol. The highest BCUT2D eigenvalue weighted by Crippen LogP contribution is 2.21. The molecule has 5 amide bonds. The maximum atomic E-state index is 13.8. The molecule has 0 spiro atoms. The van der Waals surface area contributed by atoms with Gasteiger partial charge in [-0.15, -0.1) is 0 Å². The number of H-pyrrole nitrogens is 1. The number of aromatic amines is 1. The molecule has 3 heterocycles. The molecular weight excluding hydrogens is 654 g/mol. The zero-order chi connectivity index (χ0) is 36.7. The van der Waals surface area contributed by atoms with Crippen LogP contribution in [0.3, 0.4) is 0 Å². The number of hydrogen-bond donors (Lipinski definition) is 5. The Kier molecular flexibility index (Phi) is 12.0. The molecule has 0 unspecified atom stereocenters.